The van der Waals surface area contributed by atoms with Gasteiger partial charge in [0.25, 0.3) is 0 Å². The largest absolute Gasteiger partial charge is 0.497 e. The minimum Gasteiger partial charge on any atom is -0.497 e. The highest BCUT2D eigenvalue weighted by Crippen LogP contribution is 2.31. The van der Waals surface area contributed by atoms with E-state index >= 15 is 0 Å². The summed E-state index contributed by atoms with van der Waals surface area (Å²) in [7, 11) is 1.63. The van der Waals surface area contributed by atoms with Crippen molar-refractivity contribution in [2.45, 2.75) is 17.8 Å². The van der Waals surface area contributed by atoms with Crippen molar-refractivity contribution in [2.75, 3.05) is 12.0 Å². The summed E-state index contributed by atoms with van der Waals surface area (Å²) in [5.74, 6) is 1.26. The van der Waals surface area contributed by atoms with Crippen LogP contribution in [0.15, 0.2) is 65.1 Å². The van der Waals surface area contributed by atoms with Crippen molar-refractivity contribution in [1.82, 2.24) is 25.2 Å². The molecular formula is C20H18N6O2S2. The van der Waals surface area contributed by atoms with Gasteiger partial charge in [-0.15, -0.1) is 16.4 Å². The van der Waals surface area contributed by atoms with Gasteiger partial charge in [0.15, 0.2) is 5.13 Å². The zero-order valence-electron chi connectivity index (χ0n) is 16.3. The average Bonchev–Trinajstić information content (AvgIpc) is 3.42. The summed E-state index contributed by atoms with van der Waals surface area (Å²) >= 11 is 2.91. The Balaban J connectivity index is 1.49. The van der Waals surface area contributed by atoms with Crippen LogP contribution < -0.4 is 9.64 Å². The summed E-state index contributed by atoms with van der Waals surface area (Å²) < 4.78 is 6.86. The van der Waals surface area contributed by atoms with E-state index in [2.05, 4.69) is 20.5 Å². The van der Waals surface area contributed by atoms with Crippen LogP contribution in [0.5, 0.6) is 5.75 Å². The third kappa shape index (κ3) is 4.34. The van der Waals surface area contributed by atoms with Crippen LogP contribution in [0, 0.1) is 0 Å². The molecule has 0 saturated heterocycles. The Bertz CT molecular complexity index is 1130. The summed E-state index contributed by atoms with van der Waals surface area (Å²) in [6.45, 7) is 1.53. The number of carbonyl (C=O) groups is 1. The van der Waals surface area contributed by atoms with E-state index in [-0.39, 0.29) is 5.91 Å². The summed E-state index contributed by atoms with van der Waals surface area (Å²) in [4.78, 5) is 18.4. The molecule has 4 rings (SSSR count). The van der Waals surface area contributed by atoms with Crippen molar-refractivity contribution in [3.8, 4) is 11.4 Å². The molecule has 0 bridgehead atoms. The van der Waals surface area contributed by atoms with Crippen molar-refractivity contribution in [1.29, 1.82) is 0 Å². The van der Waals surface area contributed by atoms with Gasteiger partial charge in [-0.25, -0.2) is 4.98 Å². The minimum absolute atomic E-state index is 0.0850. The van der Waals surface area contributed by atoms with Gasteiger partial charge in [0.1, 0.15) is 5.75 Å². The number of hydrogen-bond acceptors (Lipinski definition) is 8. The maximum atomic E-state index is 12.2. The molecule has 0 radical (unpaired) electrons. The molecule has 0 atom stereocenters. The second-order valence-corrected chi connectivity index (χ2v) is 7.95. The second kappa shape index (κ2) is 9.06. The van der Waals surface area contributed by atoms with Crippen LogP contribution in [0.1, 0.15) is 12.6 Å². The van der Waals surface area contributed by atoms with E-state index in [9.17, 15) is 4.79 Å². The van der Waals surface area contributed by atoms with Crippen molar-refractivity contribution in [2.24, 2.45) is 0 Å². The molecule has 30 heavy (non-hydrogen) atoms. The Morgan fingerprint density at radius 1 is 1.17 bits per heavy atom. The first-order valence-corrected chi connectivity index (χ1v) is 10.9. The zero-order valence-corrected chi connectivity index (χ0v) is 17.9. The highest BCUT2D eigenvalue weighted by Gasteiger charge is 2.18. The first-order valence-electron chi connectivity index (χ1n) is 9.01. The Labute approximate surface area is 181 Å². The van der Waals surface area contributed by atoms with Crippen LogP contribution in [0.3, 0.4) is 0 Å². The van der Waals surface area contributed by atoms with Crippen LogP contribution in [0.25, 0.3) is 5.69 Å². The van der Waals surface area contributed by atoms with E-state index in [1.54, 1.807) is 16.7 Å². The number of thioether (sulfide) groups is 1. The summed E-state index contributed by atoms with van der Waals surface area (Å²) in [5.41, 5.74) is 2.49. The lowest BCUT2D eigenvalue weighted by molar-refractivity contribution is -0.115. The number of carbonyl (C=O) groups excluding carboxylic acids is 1. The standard InChI is InChI=1S/C20H18N6O2S2/c1-14(27)25(16-6-4-3-5-7-16)19-21-15(12-29-19)13-30-20-22-23-24-26(20)17-8-10-18(28-2)11-9-17/h3-12H,13H2,1-2H3. The molecule has 0 aliphatic carbocycles. The molecule has 1 amide bonds. The molecule has 0 aliphatic rings. The molecule has 152 valence electrons. The predicted molar refractivity (Wildman–Crippen MR) is 117 cm³/mol. The normalized spacial score (nSPS) is 10.7. The molecular weight excluding hydrogens is 420 g/mol. The number of rotatable bonds is 7. The van der Waals surface area contributed by atoms with Crippen LogP contribution in [-0.4, -0.2) is 38.2 Å². The lowest BCUT2D eigenvalue weighted by atomic mass is 10.3. The highest BCUT2D eigenvalue weighted by atomic mass is 32.2. The van der Waals surface area contributed by atoms with Gasteiger partial charge >= 0.3 is 0 Å². The number of benzene rings is 2. The molecule has 0 saturated carbocycles. The quantitative estimate of drug-likeness (QED) is 0.402. The molecule has 0 fully saturated rings. The Kier molecular flexibility index (Phi) is 6.05. The molecule has 10 heteroatoms. The van der Waals surface area contributed by atoms with E-state index in [0.29, 0.717) is 16.0 Å². The zero-order chi connectivity index (χ0) is 20.9. The van der Waals surface area contributed by atoms with Gasteiger partial charge in [0.05, 0.1) is 24.2 Å². The van der Waals surface area contributed by atoms with Gasteiger partial charge in [-0.1, -0.05) is 30.0 Å². The SMILES string of the molecule is COc1ccc(-n2nnnc2SCc2csc(N(C(C)=O)c3ccccc3)n2)cc1. The highest BCUT2D eigenvalue weighted by molar-refractivity contribution is 7.98. The third-order valence-corrected chi connectivity index (χ3v) is 5.99. The minimum atomic E-state index is -0.0850. The van der Waals surface area contributed by atoms with Gasteiger partial charge in [-0.05, 0) is 46.8 Å². The predicted octanol–water partition coefficient (Wildman–Crippen LogP) is 4.10. The summed E-state index contributed by atoms with van der Waals surface area (Å²) in [6.07, 6.45) is 0. The monoisotopic (exact) mass is 438 g/mol. The maximum absolute atomic E-state index is 12.2. The first-order chi connectivity index (χ1) is 14.7. The number of anilines is 2. The number of para-hydroxylation sites is 1. The molecule has 0 unspecified atom stereocenters. The fraction of sp³-hybridized carbons (Fsp3) is 0.150. The number of nitrogens with zero attached hydrogens (tertiary/aromatic N) is 6. The van der Waals surface area contributed by atoms with E-state index in [4.69, 9.17) is 4.74 Å². The Hall–Kier alpha value is -3.24. The molecule has 0 spiro atoms. The lowest BCUT2D eigenvalue weighted by Crippen LogP contribution is -2.22. The number of hydrogen-bond donors (Lipinski definition) is 0. The second-order valence-electron chi connectivity index (χ2n) is 6.17. The fourth-order valence-corrected chi connectivity index (χ4v) is 4.54. The molecule has 2 heterocycles. The van der Waals surface area contributed by atoms with Crippen LogP contribution in [-0.2, 0) is 10.5 Å². The number of ether oxygens (including phenoxy) is 1. The van der Waals surface area contributed by atoms with Crippen molar-refractivity contribution in [3.05, 3.63) is 65.7 Å². The average molecular weight is 439 g/mol. The lowest BCUT2D eigenvalue weighted by Gasteiger charge is -2.17. The topological polar surface area (TPSA) is 86.0 Å². The van der Waals surface area contributed by atoms with Gasteiger partial charge in [0, 0.05) is 18.1 Å². The first kappa shape index (κ1) is 20.0. The van der Waals surface area contributed by atoms with Crippen LogP contribution in [0.2, 0.25) is 0 Å². The molecule has 0 aliphatic heterocycles. The van der Waals surface area contributed by atoms with Crippen LogP contribution >= 0.6 is 23.1 Å². The molecule has 2 aromatic heterocycles. The third-order valence-electron chi connectivity index (χ3n) is 4.17. The van der Waals surface area contributed by atoms with Crippen molar-refractivity contribution in [3.63, 3.8) is 0 Å². The van der Waals surface area contributed by atoms with Gasteiger partial charge < -0.3 is 4.74 Å². The number of amides is 1. The van der Waals surface area contributed by atoms with Gasteiger partial charge in [-0.3, -0.25) is 9.69 Å². The van der Waals surface area contributed by atoms with Crippen LogP contribution in [0.4, 0.5) is 10.8 Å². The smallest absolute Gasteiger partial charge is 0.230 e. The fourth-order valence-electron chi connectivity index (χ4n) is 2.76. The maximum Gasteiger partial charge on any atom is 0.230 e. The Morgan fingerprint density at radius 3 is 2.63 bits per heavy atom. The van der Waals surface area contributed by atoms with Gasteiger partial charge in [0.2, 0.25) is 11.1 Å². The molecule has 0 N–H and O–H groups in total. The van der Waals surface area contributed by atoms with Crippen molar-refractivity contribution < 1.29 is 9.53 Å². The number of methoxy groups -OCH3 is 1. The molecule has 8 nitrogen and oxygen atoms in total. The van der Waals surface area contributed by atoms with Crippen molar-refractivity contribution >= 4 is 39.8 Å². The summed E-state index contributed by atoms with van der Waals surface area (Å²) in [6, 6.07) is 17.0. The van der Waals surface area contributed by atoms with E-state index in [1.807, 2.05) is 60.0 Å². The summed E-state index contributed by atoms with van der Waals surface area (Å²) in [5, 5.41) is 15.2. The number of thiazole rings is 1. The Morgan fingerprint density at radius 2 is 1.93 bits per heavy atom. The van der Waals surface area contributed by atoms with E-state index in [1.165, 1.54) is 30.0 Å². The molecule has 4 aromatic rings. The van der Waals surface area contributed by atoms with E-state index < -0.39 is 0 Å². The molecule has 2 aromatic carbocycles. The van der Waals surface area contributed by atoms with E-state index in [0.717, 1.165) is 22.8 Å². The van der Waals surface area contributed by atoms with Gasteiger partial charge in [-0.2, -0.15) is 4.68 Å². The number of aromatic nitrogens is 5. The number of tetrazole rings is 1.